The van der Waals surface area contributed by atoms with Crippen molar-refractivity contribution in [3.05, 3.63) is 84.2 Å². The number of nitrogens with zero attached hydrogens (tertiary/aromatic N) is 4. The highest BCUT2D eigenvalue weighted by Crippen LogP contribution is 2.42. The maximum absolute atomic E-state index is 12.9. The Balaban J connectivity index is 0.00000288. The molecule has 0 aliphatic carbocycles. The van der Waals surface area contributed by atoms with Crippen LogP contribution in [-0.2, 0) is 4.79 Å². The molecule has 1 aliphatic heterocycles. The van der Waals surface area contributed by atoms with Gasteiger partial charge in [-0.15, -0.1) is 13.2 Å². The van der Waals surface area contributed by atoms with Gasteiger partial charge in [-0.25, -0.2) is 4.98 Å². The lowest BCUT2D eigenvalue weighted by Gasteiger charge is -2.34. The van der Waals surface area contributed by atoms with E-state index in [-0.39, 0.29) is 14.3 Å². The highest BCUT2D eigenvalue weighted by molar-refractivity contribution is 6.13. The zero-order valence-corrected chi connectivity index (χ0v) is 24.8. The van der Waals surface area contributed by atoms with E-state index in [9.17, 15) is 18.0 Å². The van der Waals surface area contributed by atoms with Crippen LogP contribution in [-0.4, -0.2) is 66.5 Å². The van der Waals surface area contributed by atoms with Crippen molar-refractivity contribution < 1.29 is 20.8 Å². The molecule has 0 unspecified atom stereocenters. The number of nitrogens with one attached hydrogen (secondary N) is 2. The Morgan fingerprint density at radius 2 is 1.80 bits per heavy atom. The molecule has 0 atom stereocenters. The molecule has 1 amide bonds. The average molecular weight is 606 g/mol. The topological polar surface area (TPSA) is 103 Å². The summed E-state index contributed by atoms with van der Waals surface area (Å²) in [7, 11) is 2.12. The summed E-state index contributed by atoms with van der Waals surface area (Å²) < 4.78 is 38.8. The minimum absolute atomic E-state index is 0. The number of carbonyl (C=O) groups is 1. The zero-order valence-electron chi connectivity index (χ0n) is 24.8. The molecular weight excluding hydrogens is 567 g/mol. The number of hydrogen-bond donors (Lipinski definition) is 3. The maximum atomic E-state index is 12.9. The minimum Gasteiger partial charge on any atom is -0.404 e. The van der Waals surface area contributed by atoms with Crippen LogP contribution in [0.3, 0.4) is 0 Å². The average Bonchev–Trinajstić information content (AvgIpc) is 3.40. The van der Waals surface area contributed by atoms with Gasteiger partial charge in [0.05, 0.1) is 5.69 Å². The molecule has 0 radical (unpaired) electrons. The molecule has 8 nitrogen and oxygen atoms in total. The van der Waals surface area contributed by atoms with E-state index in [2.05, 4.69) is 55.8 Å². The number of H-pyrrole nitrogens is 1. The molecule has 2 aromatic carbocycles. The monoisotopic (exact) mass is 605 g/mol. The van der Waals surface area contributed by atoms with E-state index in [1.165, 1.54) is 12.3 Å². The number of pyridine rings is 1. The van der Waals surface area contributed by atoms with Crippen molar-refractivity contribution >= 4 is 40.1 Å². The first-order chi connectivity index (χ1) is 21.0. The molecule has 1 aliphatic rings. The molecule has 0 bridgehead atoms. The smallest absolute Gasteiger partial charge is 0.404 e. The lowest BCUT2D eigenvalue weighted by molar-refractivity contribution is -0.119. The molecule has 0 saturated carbocycles. The van der Waals surface area contributed by atoms with E-state index in [0.29, 0.717) is 34.1 Å². The van der Waals surface area contributed by atoms with Crippen LogP contribution in [0.25, 0.3) is 39.0 Å². The standard InChI is InChI=1S/C33H34F3N7O.2H2/c1-5-28(44)40-27-16-23(7-6-20(27)2)30-29-21(3)26(24(17-37)18-39-33(34,35)36)19-38-32(29)41-31(30)22-8-10-25(11-9-22)43-14-12-42(4)13-15-43;;/h5-11,16-19H,1,12-15,37H2,2-4H3,(H,38,41)(H,40,44);2*1H/b24-17+,39-18+;;. The summed E-state index contributed by atoms with van der Waals surface area (Å²) >= 11 is 0. The van der Waals surface area contributed by atoms with Gasteiger partial charge < -0.3 is 25.8 Å². The molecule has 4 aromatic rings. The number of benzene rings is 2. The normalized spacial score (nSPS) is 14.9. The van der Waals surface area contributed by atoms with Gasteiger partial charge in [0.1, 0.15) is 5.65 Å². The highest BCUT2D eigenvalue weighted by Gasteiger charge is 2.26. The lowest BCUT2D eigenvalue weighted by Crippen LogP contribution is -2.44. The largest absolute Gasteiger partial charge is 0.503 e. The number of rotatable bonds is 7. The molecule has 0 spiro atoms. The fraction of sp³-hybridized carbons (Fsp3) is 0.242. The molecule has 1 saturated heterocycles. The first-order valence-corrected chi connectivity index (χ1v) is 14.1. The summed E-state index contributed by atoms with van der Waals surface area (Å²) in [5, 5.41) is 3.57. The van der Waals surface area contributed by atoms with Gasteiger partial charge >= 0.3 is 6.30 Å². The summed E-state index contributed by atoms with van der Waals surface area (Å²) in [5.74, 6) is -0.342. The third-order valence-electron chi connectivity index (χ3n) is 7.92. The van der Waals surface area contributed by atoms with Gasteiger partial charge in [0.2, 0.25) is 5.91 Å². The van der Waals surface area contributed by atoms with Crippen molar-refractivity contribution in [2.75, 3.05) is 43.4 Å². The molecule has 44 heavy (non-hydrogen) atoms. The number of hydrogen-bond acceptors (Lipinski definition) is 6. The van der Waals surface area contributed by atoms with Crippen molar-refractivity contribution in [1.29, 1.82) is 0 Å². The second-order valence-corrected chi connectivity index (χ2v) is 10.8. The number of allylic oxidation sites excluding steroid dienone is 1. The zero-order chi connectivity index (χ0) is 31.6. The molecular formula is C33H38F3N7O. The number of fused-ring (bicyclic) bond motifs is 1. The van der Waals surface area contributed by atoms with E-state index in [0.717, 1.165) is 66.0 Å². The van der Waals surface area contributed by atoms with Crippen LogP contribution in [0, 0.1) is 13.8 Å². The molecule has 11 heteroatoms. The summed E-state index contributed by atoms with van der Waals surface area (Å²) in [5.41, 5.74) is 13.3. The first-order valence-electron chi connectivity index (χ1n) is 14.1. The Labute approximate surface area is 256 Å². The number of amides is 1. The SMILES string of the molecule is C=CC(=O)Nc1cc(-c2c(-c3ccc(N4CCN(C)CC4)cc3)[nH]c3ncc(C(=C/N)/C=N/C(F)(F)F)c(C)c23)ccc1C.[HH].[HH]. The van der Waals surface area contributed by atoms with Gasteiger partial charge in [-0.3, -0.25) is 4.79 Å². The molecule has 1 fully saturated rings. The first kappa shape index (κ1) is 30.6. The Morgan fingerprint density at radius 1 is 1.11 bits per heavy atom. The molecule has 3 heterocycles. The Hall–Kier alpha value is -4.90. The number of anilines is 2. The van der Waals surface area contributed by atoms with Crippen LogP contribution in [0.4, 0.5) is 24.5 Å². The number of piperazine rings is 1. The van der Waals surface area contributed by atoms with Gasteiger partial charge in [0, 0.05) is 81.1 Å². The van der Waals surface area contributed by atoms with E-state index in [4.69, 9.17) is 5.73 Å². The van der Waals surface area contributed by atoms with Crippen molar-refractivity contribution in [2.45, 2.75) is 20.1 Å². The summed E-state index contributed by atoms with van der Waals surface area (Å²) in [4.78, 5) is 27.6. The van der Waals surface area contributed by atoms with Crippen LogP contribution < -0.4 is 16.0 Å². The summed E-state index contributed by atoms with van der Waals surface area (Å²) in [6, 6.07) is 14.0. The number of aryl methyl sites for hydroxylation is 2. The number of halogens is 3. The molecule has 5 rings (SSSR count). The number of alkyl halides is 3. The minimum atomic E-state index is -4.74. The van der Waals surface area contributed by atoms with Crippen LogP contribution >= 0.6 is 0 Å². The van der Waals surface area contributed by atoms with Crippen LogP contribution in [0.1, 0.15) is 19.5 Å². The van der Waals surface area contributed by atoms with Crippen LogP contribution in [0.2, 0.25) is 0 Å². The van der Waals surface area contributed by atoms with Gasteiger partial charge in [0.25, 0.3) is 0 Å². The quantitative estimate of drug-likeness (QED) is 0.123. The van der Waals surface area contributed by atoms with Gasteiger partial charge in [-0.05, 0) is 67.4 Å². The third-order valence-corrected chi connectivity index (χ3v) is 7.92. The van der Waals surface area contributed by atoms with E-state index in [1.807, 2.05) is 44.2 Å². The number of nitrogens with two attached hydrogens (primary N) is 1. The number of aromatic nitrogens is 2. The number of carbonyl (C=O) groups excluding carboxylic acids is 1. The predicted molar refractivity (Wildman–Crippen MR) is 176 cm³/mol. The highest BCUT2D eigenvalue weighted by atomic mass is 19.4. The Bertz CT molecular complexity index is 1770. The van der Waals surface area contributed by atoms with Crippen molar-refractivity contribution in [1.82, 2.24) is 14.9 Å². The fourth-order valence-electron chi connectivity index (χ4n) is 5.45. The third kappa shape index (κ3) is 6.37. The second kappa shape index (κ2) is 12.4. The Kier molecular flexibility index (Phi) is 8.59. The van der Waals surface area contributed by atoms with Gasteiger partial charge in [0.15, 0.2) is 0 Å². The van der Waals surface area contributed by atoms with E-state index >= 15 is 0 Å². The van der Waals surface area contributed by atoms with E-state index < -0.39 is 6.30 Å². The molecule has 232 valence electrons. The summed E-state index contributed by atoms with van der Waals surface area (Å²) in [6.07, 6.45) is -0.255. The Morgan fingerprint density at radius 3 is 2.43 bits per heavy atom. The fourth-order valence-corrected chi connectivity index (χ4v) is 5.45. The van der Waals surface area contributed by atoms with Gasteiger partial charge in [-0.1, -0.05) is 30.8 Å². The summed E-state index contributed by atoms with van der Waals surface area (Å²) in [6.45, 7) is 11.1. The van der Waals surface area contributed by atoms with Crippen LogP contribution in [0.15, 0.2) is 72.5 Å². The predicted octanol–water partition coefficient (Wildman–Crippen LogP) is 6.77. The van der Waals surface area contributed by atoms with Crippen molar-refractivity contribution in [2.24, 2.45) is 10.7 Å². The molecule has 2 aromatic heterocycles. The second-order valence-electron chi connectivity index (χ2n) is 10.8. The maximum Gasteiger partial charge on any atom is 0.503 e. The van der Waals surface area contributed by atoms with Gasteiger partial charge in [-0.2, -0.15) is 4.99 Å². The molecule has 4 N–H and O–H groups in total. The lowest BCUT2D eigenvalue weighted by atomic mass is 9.93. The van der Waals surface area contributed by atoms with Crippen LogP contribution in [0.5, 0.6) is 0 Å². The number of aliphatic imine (C=N–C) groups is 1. The number of aromatic amines is 1. The van der Waals surface area contributed by atoms with Crippen molar-refractivity contribution in [3.8, 4) is 22.4 Å². The van der Waals surface area contributed by atoms with E-state index in [1.54, 1.807) is 0 Å². The number of likely N-dealkylation sites (N-methyl/N-ethyl adjacent to an activating group) is 1. The van der Waals surface area contributed by atoms with Crippen molar-refractivity contribution in [3.63, 3.8) is 0 Å².